The molecule has 1 N–H and O–H groups in total. The van der Waals surface area contributed by atoms with Gasteiger partial charge in [-0.25, -0.2) is 0 Å². The van der Waals surface area contributed by atoms with Crippen LogP contribution in [0.15, 0.2) is 30.3 Å². The van der Waals surface area contributed by atoms with Crippen LogP contribution in [-0.2, 0) is 13.1 Å². The minimum absolute atomic E-state index is 0.0509. The first kappa shape index (κ1) is 19.7. The zero-order valence-corrected chi connectivity index (χ0v) is 17.2. The number of aromatic nitrogens is 2. The zero-order chi connectivity index (χ0) is 20.2. The molecule has 6 nitrogen and oxygen atoms in total. The molecule has 29 heavy (non-hydrogen) atoms. The van der Waals surface area contributed by atoms with E-state index in [9.17, 15) is 9.59 Å². The van der Waals surface area contributed by atoms with Crippen molar-refractivity contribution in [2.75, 3.05) is 6.54 Å². The molecule has 2 aliphatic rings. The standard InChI is InChI=1S/C23H30N4O2/c1-17-8-6-9-18(14-17)16-26-12-7-13-27-21(23(26)29)15-20(25-27)22(28)24-19-10-4-2-3-5-11-19/h6,8-9,14-15,19H,2-5,7,10-13,16H2,1H3,(H,24,28). The van der Waals surface area contributed by atoms with Gasteiger partial charge in [0.2, 0.25) is 0 Å². The molecule has 0 unspecified atom stereocenters. The number of fused-ring (bicyclic) bond motifs is 1. The lowest BCUT2D eigenvalue weighted by Crippen LogP contribution is -2.34. The van der Waals surface area contributed by atoms with Gasteiger partial charge in [0.05, 0.1) is 0 Å². The van der Waals surface area contributed by atoms with E-state index in [1.54, 1.807) is 10.7 Å². The molecule has 1 aromatic heterocycles. The van der Waals surface area contributed by atoms with Crippen molar-refractivity contribution in [1.82, 2.24) is 20.0 Å². The summed E-state index contributed by atoms with van der Waals surface area (Å²) in [4.78, 5) is 27.7. The summed E-state index contributed by atoms with van der Waals surface area (Å²) in [6, 6.07) is 10.1. The zero-order valence-electron chi connectivity index (χ0n) is 17.2. The topological polar surface area (TPSA) is 67.2 Å². The number of benzene rings is 1. The number of carbonyl (C=O) groups excluding carboxylic acids is 2. The van der Waals surface area contributed by atoms with Crippen molar-refractivity contribution in [3.05, 3.63) is 52.8 Å². The van der Waals surface area contributed by atoms with Crippen LogP contribution in [0.2, 0.25) is 0 Å². The van der Waals surface area contributed by atoms with Gasteiger partial charge in [-0.1, -0.05) is 55.5 Å². The fraction of sp³-hybridized carbons (Fsp3) is 0.522. The number of hydrogen-bond donors (Lipinski definition) is 1. The third-order valence-corrected chi connectivity index (χ3v) is 5.96. The summed E-state index contributed by atoms with van der Waals surface area (Å²) in [6.07, 6.45) is 7.71. The molecule has 1 aromatic carbocycles. The van der Waals surface area contributed by atoms with E-state index < -0.39 is 0 Å². The Hall–Kier alpha value is -2.63. The van der Waals surface area contributed by atoms with Crippen molar-refractivity contribution in [2.24, 2.45) is 0 Å². The molecule has 0 atom stereocenters. The summed E-state index contributed by atoms with van der Waals surface area (Å²) in [5, 5.41) is 7.60. The van der Waals surface area contributed by atoms with Gasteiger partial charge in [-0.2, -0.15) is 5.10 Å². The normalized spacial score (nSPS) is 18.1. The van der Waals surface area contributed by atoms with Crippen molar-refractivity contribution in [3.8, 4) is 0 Å². The molecule has 1 aliphatic carbocycles. The van der Waals surface area contributed by atoms with E-state index in [0.29, 0.717) is 31.0 Å². The number of hydrogen-bond acceptors (Lipinski definition) is 3. The smallest absolute Gasteiger partial charge is 0.272 e. The largest absolute Gasteiger partial charge is 0.348 e. The van der Waals surface area contributed by atoms with Gasteiger partial charge in [-0.3, -0.25) is 14.3 Å². The second kappa shape index (κ2) is 8.80. The third kappa shape index (κ3) is 4.69. The second-order valence-corrected chi connectivity index (χ2v) is 8.37. The first-order chi connectivity index (χ1) is 14.1. The number of amides is 2. The van der Waals surface area contributed by atoms with Gasteiger partial charge in [-0.15, -0.1) is 0 Å². The molecule has 0 saturated heterocycles. The van der Waals surface area contributed by atoms with Crippen LogP contribution >= 0.6 is 0 Å². The third-order valence-electron chi connectivity index (χ3n) is 5.96. The maximum absolute atomic E-state index is 13.1. The van der Waals surface area contributed by atoms with Crippen LogP contribution in [0.4, 0.5) is 0 Å². The molecule has 0 bridgehead atoms. The summed E-state index contributed by atoms with van der Waals surface area (Å²) >= 11 is 0. The number of carbonyl (C=O) groups is 2. The van der Waals surface area contributed by atoms with Crippen molar-refractivity contribution in [2.45, 2.75) is 71.0 Å². The minimum atomic E-state index is -0.157. The average Bonchev–Trinajstić information content (AvgIpc) is 2.87. The number of aryl methyl sites for hydroxylation is 2. The van der Waals surface area contributed by atoms with E-state index in [2.05, 4.69) is 29.5 Å². The lowest BCUT2D eigenvalue weighted by molar-refractivity contribution is 0.0745. The Labute approximate surface area is 172 Å². The first-order valence-electron chi connectivity index (χ1n) is 10.8. The molecule has 154 valence electrons. The van der Waals surface area contributed by atoms with Gasteiger partial charge in [0.25, 0.3) is 11.8 Å². The van der Waals surface area contributed by atoms with Crippen molar-refractivity contribution >= 4 is 11.8 Å². The summed E-state index contributed by atoms with van der Waals surface area (Å²) < 4.78 is 1.71. The van der Waals surface area contributed by atoms with E-state index in [1.807, 2.05) is 17.0 Å². The Morgan fingerprint density at radius 3 is 2.66 bits per heavy atom. The number of nitrogens with one attached hydrogen (secondary N) is 1. The van der Waals surface area contributed by atoms with Crippen molar-refractivity contribution in [1.29, 1.82) is 0 Å². The molecule has 2 aromatic rings. The molecule has 4 rings (SSSR count). The quantitative estimate of drug-likeness (QED) is 0.804. The second-order valence-electron chi connectivity index (χ2n) is 8.37. The highest BCUT2D eigenvalue weighted by Crippen LogP contribution is 2.19. The van der Waals surface area contributed by atoms with E-state index >= 15 is 0 Å². The monoisotopic (exact) mass is 394 g/mol. The van der Waals surface area contributed by atoms with Crippen LogP contribution in [0.5, 0.6) is 0 Å². The molecule has 1 aliphatic heterocycles. The molecule has 6 heteroatoms. The molecule has 0 radical (unpaired) electrons. The van der Waals surface area contributed by atoms with Crippen LogP contribution in [0.1, 0.15) is 77.0 Å². The molecular formula is C23H30N4O2. The first-order valence-corrected chi connectivity index (χ1v) is 10.8. The Morgan fingerprint density at radius 2 is 1.90 bits per heavy atom. The van der Waals surface area contributed by atoms with Gasteiger partial charge < -0.3 is 10.2 Å². The Kier molecular flexibility index (Phi) is 5.97. The molecule has 2 amide bonds. The summed E-state index contributed by atoms with van der Waals surface area (Å²) in [5.74, 6) is -0.208. The molecular weight excluding hydrogens is 364 g/mol. The van der Waals surface area contributed by atoms with Crippen LogP contribution < -0.4 is 5.32 Å². The lowest BCUT2D eigenvalue weighted by Gasteiger charge is -2.20. The van der Waals surface area contributed by atoms with Crippen LogP contribution in [-0.4, -0.2) is 39.1 Å². The highest BCUT2D eigenvalue weighted by atomic mass is 16.2. The van der Waals surface area contributed by atoms with Crippen LogP contribution in [0.25, 0.3) is 0 Å². The van der Waals surface area contributed by atoms with Gasteiger partial charge in [-0.05, 0) is 31.7 Å². The predicted octanol–water partition coefficient (Wildman–Crippen LogP) is 3.69. The maximum Gasteiger partial charge on any atom is 0.272 e. The summed E-state index contributed by atoms with van der Waals surface area (Å²) in [6.45, 7) is 3.99. The maximum atomic E-state index is 13.1. The highest BCUT2D eigenvalue weighted by Gasteiger charge is 2.27. The van der Waals surface area contributed by atoms with Crippen molar-refractivity contribution in [3.63, 3.8) is 0 Å². The van der Waals surface area contributed by atoms with Crippen LogP contribution in [0.3, 0.4) is 0 Å². The van der Waals surface area contributed by atoms with E-state index in [1.165, 1.54) is 18.4 Å². The van der Waals surface area contributed by atoms with E-state index in [0.717, 1.165) is 37.7 Å². The molecule has 1 saturated carbocycles. The van der Waals surface area contributed by atoms with Crippen molar-refractivity contribution < 1.29 is 9.59 Å². The lowest BCUT2D eigenvalue weighted by atomic mass is 10.1. The molecule has 2 heterocycles. The fourth-order valence-corrected chi connectivity index (χ4v) is 4.41. The minimum Gasteiger partial charge on any atom is -0.348 e. The summed E-state index contributed by atoms with van der Waals surface area (Å²) in [7, 11) is 0. The SMILES string of the molecule is Cc1cccc(CN2CCCn3nc(C(=O)NC4CCCCCC4)cc3C2=O)c1. The number of rotatable bonds is 4. The molecule has 0 spiro atoms. The molecule has 1 fully saturated rings. The average molecular weight is 395 g/mol. The van der Waals surface area contributed by atoms with Gasteiger partial charge in [0.15, 0.2) is 5.69 Å². The summed E-state index contributed by atoms with van der Waals surface area (Å²) in [5.41, 5.74) is 3.18. The Bertz CT molecular complexity index is 881. The Morgan fingerprint density at radius 1 is 1.10 bits per heavy atom. The van der Waals surface area contributed by atoms with E-state index in [4.69, 9.17) is 0 Å². The fourth-order valence-electron chi connectivity index (χ4n) is 4.41. The highest BCUT2D eigenvalue weighted by molar-refractivity contribution is 5.98. The Balaban J connectivity index is 1.48. The predicted molar refractivity (Wildman–Crippen MR) is 112 cm³/mol. The van der Waals surface area contributed by atoms with Crippen LogP contribution in [0, 0.1) is 6.92 Å². The van der Waals surface area contributed by atoms with E-state index in [-0.39, 0.29) is 17.9 Å². The number of nitrogens with zero attached hydrogens (tertiary/aromatic N) is 3. The van der Waals surface area contributed by atoms with Gasteiger partial charge in [0.1, 0.15) is 5.69 Å². The van der Waals surface area contributed by atoms with Gasteiger partial charge in [0, 0.05) is 31.7 Å². The van der Waals surface area contributed by atoms with Gasteiger partial charge >= 0.3 is 0 Å².